The fourth-order valence-corrected chi connectivity index (χ4v) is 4.24. The zero-order valence-electron chi connectivity index (χ0n) is 19.0. The third kappa shape index (κ3) is 4.87. The second kappa shape index (κ2) is 9.59. The number of rotatable bonds is 7. The highest BCUT2D eigenvalue weighted by Crippen LogP contribution is 2.32. The quantitative estimate of drug-likeness (QED) is 0.716. The second-order valence-electron chi connectivity index (χ2n) is 8.68. The zero-order chi connectivity index (χ0) is 22.7. The van der Waals surface area contributed by atoms with E-state index < -0.39 is 0 Å². The van der Waals surface area contributed by atoms with Gasteiger partial charge in [-0.25, -0.2) is 0 Å². The maximum Gasteiger partial charge on any atom is 0.253 e. The summed E-state index contributed by atoms with van der Waals surface area (Å²) in [6.45, 7) is 3.93. The minimum absolute atomic E-state index is 0.0241. The van der Waals surface area contributed by atoms with Gasteiger partial charge in [0.05, 0.1) is 25.5 Å². The summed E-state index contributed by atoms with van der Waals surface area (Å²) < 4.78 is 10.6. The highest BCUT2D eigenvalue weighted by Gasteiger charge is 2.29. The number of nitrogens with one attached hydrogen (secondary N) is 1. The minimum atomic E-state index is -0.0387. The van der Waals surface area contributed by atoms with Crippen LogP contribution < -0.4 is 14.8 Å². The predicted molar refractivity (Wildman–Crippen MR) is 121 cm³/mol. The summed E-state index contributed by atoms with van der Waals surface area (Å²) in [4.78, 5) is 32.4. The summed E-state index contributed by atoms with van der Waals surface area (Å²) in [5, 5.41) is 3.06. The second-order valence-corrected chi connectivity index (χ2v) is 8.68. The number of benzene rings is 1. The van der Waals surface area contributed by atoms with Crippen LogP contribution in [0, 0.1) is 12.8 Å². The molecule has 0 radical (unpaired) electrons. The molecule has 7 heteroatoms. The topological polar surface area (TPSA) is 80.8 Å². The van der Waals surface area contributed by atoms with Gasteiger partial charge in [0.25, 0.3) is 11.8 Å². The van der Waals surface area contributed by atoms with Gasteiger partial charge in [-0.15, -0.1) is 0 Å². The van der Waals surface area contributed by atoms with E-state index in [0.29, 0.717) is 41.6 Å². The Morgan fingerprint density at radius 3 is 2.41 bits per heavy atom. The van der Waals surface area contributed by atoms with Crippen LogP contribution in [-0.4, -0.2) is 55.6 Å². The molecule has 1 aromatic carbocycles. The lowest BCUT2D eigenvalue weighted by Crippen LogP contribution is -2.38. The number of pyridine rings is 1. The third-order valence-electron chi connectivity index (χ3n) is 6.36. The monoisotopic (exact) mass is 437 g/mol. The molecule has 1 saturated carbocycles. The Morgan fingerprint density at radius 1 is 1.03 bits per heavy atom. The standard InChI is InChI=1S/C25H31N3O4/c1-16-4-8-20(24(29)26-15-17-5-6-17)23(27-16)18-10-12-28(13-11-18)25(30)19-7-9-21(31-2)22(14-19)32-3/h4,7-9,14,17-18H,5-6,10-13,15H2,1-3H3,(H,26,29). The molecular weight excluding hydrogens is 406 g/mol. The SMILES string of the molecule is COc1ccc(C(=O)N2CCC(c3nc(C)ccc3C(=O)NCC3CC3)CC2)cc1OC. The van der Waals surface area contributed by atoms with Gasteiger partial charge in [0.15, 0.2) is 11.5 Å². The molecule has 1 aliphatic heterocycles. The molecule has 2 amide bonds. The largest absolute Gasteiger partial charge is 0.493 e. The van der Waals surface area contributed by atoms with Crippen LogP contribution in [0.1, 0.15) is 63.7 Å². The van der Waals surface area contributed by atoms with Crippen LogP contribution in [0.15, 0.2) is 30.3 Å². The van der Waals surface area contributed by atoms with Gasteiger partial charge in [0, 0.05) is 36.8 Å². The van der Waals surface area contributed by atoms with Crippen molar-refractivity contribution in [3.63, 3.8) is 0 Å². The van der Waals surface area contributed by atoms with Gasteiger partial charge in [-0.2, -0.15) is 0 Å². The molecule has 32 heavy (non-hydrogen) atoms. The molecule has 0 bridgehead atoms. The summed E-state index contributed by atoms with van der Waals surface area (Å²) in [5.74, 6) is 1.87. The molecule has 1 aliphatic carbocycles. The summed E-state index contributed by atoms with van der Waals surface area (Å²) in [5.41, 5.74) is 3.01. The van der Waals surface area contributed by atoms with Crippen molar-refractivity contribution in [2.75, 3.05) is 33.9 Å². The fourth-order valence-electron chi connectivity index (χ4n) is 4.24. The van der Waals surface area contributed by atoms with Gasteiger partial charge in [-0.05, 0) is 68.9 Å². The van der Waals surface area contributed by atoms with Crippen molar-refractivity contribution in [2.24, 2.45) is 5.92 Å². The molecule has 1 N–H and O–H groups in total. The van der Waals surface area contributed by atoms with E-state index in [2.05, 4.69) is 5.32 Å². The lowest BCUT2D eigenvalue weighted by Gasteiger charge is -2.32. The number of amides is 2. The summed E-state index contributed by atoms with van der Waals surface area (Å²) in [7, 11) is 3.13. The number of aromatic nitrogens is 1. The molecule has 170 valence electrons. The smallest absolute Gasteiger partial charge is 0.253 e. The molecule has 2 heterocycles. The van der Waals surface area contributed by atoms with Crippen LogP contribution in [0.4, 0.5) is 0 Å². The maximum atomic E-state index is 13.0. The molecule has 2 aromatic rings. The number of methoxy groups -OCH3 is 2. The third-order valence-corrected chi connectivity index (χ3v) is 6.36. The number of piperidine rings is 1. The van der Waals surface area contributed by atoms with E-state index >= 15 is 0 Å². The van der Waals surface area contributed by atoms with E-state index in [1.807, 2.05) is 24.0 Å². The number of ether oxygens (including phenoxy) is 2. The molecule has 0 unspecified atom stereocenters. The van der Waals surface area contributed by atoms with Gasteiger partial charge < -0.3 is 19.7 Å². The van der Waals surface area contributed by atoms with Gasteiger partial charge in [-0.1, -0.05) is 0 Å². The number of likely N-dealkylation sites (tertiary alicyclic amines) is 1. The summed E-state index contributed by atoms with van der Waals surface area (Å²) in [6, 6.07) is 9.02. The number of hydrogen-bond acceptors (Lipinski definition) is 5. The average Bonchev–Trinajstić information content (AvgIpc) is 3.66. The van der Waals surface area contributed by atoms with Gasteiger partial charge in [0.2, 0.25) is 0 Å². The van der Waals surface area contributed by atoms with E-state index in [1.165, 1.54) is 12.8 Å². The molecule has 7 nitrogen and oxygen atoms in total. The van der Waals surface area contributed by atoms with E-state index in [1.54, 1.807) is 32.4 Å². The fraction of sp³-hybridized carbons (Fsp3) is 0.480. The highest BCUT2D eigenvalue weighted by molar-refractivity contribution is 5.96. The van der Waals surface area contributed by atoms with Crippen LogP contribution >= 0.6 is 0 Å². The van der Waals surface area contributed by atoms with Crippen molar-refractivity contribution in [3.05, 3.63) is 52.8 Å². The van der Waals surface area contributed by atoms with Crippen LogP contribution in [0.2, 0.25) is 0 Å². The van der Waals surface area contributed by atoms with Crippen LogP contribution in [0.3, 0.4) is 0 Å². The van der Waals surface area contributed by atoms with Crippen molar-refractivity contribution in [3.8, 4) is 11.5 Å². The Kier molecular flexibility index (Phi) is 6.63. The predicted octanol–water partition coefficient (Wildman–Crippen LogP) is 3.57. The van der Waals surface area contributed by atoms with Gasteiger partial charge in [-0.3, -0.25) is 14.6 Å². The van der Waals surface area contributed by atoms with Crippen molar-refractivity contribution in [1.29, 1.82) is 0 Å². The Labute approximate surface area is 189 Å². The average molecular weight is 438 g/mol. The van der Waals surface area contributed by atoms with Crippen LogP contribution in [0.25, 0.3) is 0 Å². The Hall–Kier alpha value is -3.09. The van der Waals surface area contributed by atoms with Crippen LogP contribution in [-0.2, 0) is 0 Å². The number of carbonyl (C=O) groups excluding carboxylic acids is 2. The normalized spacial score (nSPS) is 16.5. The van der Waals surface area contributed by atoms with Crippen LogP contribution in [0.5, 0.6) is 11.5 Å². The number of nitrogens with zero attached hydrogens (tertiary/aromatic N) is 2. The minimum Gasteiger partial charge on any atom is -0.493 e. The van der Waals surface area contributed by atoms with Gasteiger partial charge >= 0.3 is 0 Å². The first-order valence-electron chi connectivity index (χ1n) is 11.3. The lowest BCUT2D eigenvalue weighted by molar-refractivity contribution is 0.0710. The summed E-state index contributed by atoms with van der Waals surface area (Å²) >= 11 is 0. The molecule has 0 spiro atoms. The molecule has 2 fully saturated rings. The van der Waals surface area contributed by atoms with E-state index in [9.17, 15) is 9.59 Å². The molecule has 0 atom stereocenters. The van der Waals surface area contributed by atoms with Crippen molar-refractivity contribution in [1.82, 2.24) is 15.2 Å². The van der Waals surface area contributed by atoms with E-state index in [-0.39, 0.29) is 17.7 Å². The van der Waals surface area contributed by atoms with E-state index in [4.69, 9.17) is 14.5 Å². The number of hydrogen-bond donors (Lipinski definition) is 1. The maximum absolute atomic E-state index is 13.0. The molecule has 2 aliphatic rings. The molecule has 4 rings (SSSR count). The first-order chi connectivity index (χ1) is 15.5. The van der Waals surface area contributed by atoms with E-state index in [0.717, 1.165) is 30.8 Å². The first kappa shape index (κ1) is 22.1. The Balaban J connectivity index is 1.44. The van der Waals surface area contributed by atoms with Crippen molar-refractivity contribution < 1.29 is 19.1 Å². The number of aryl methyl sites for hydroxylation is 1. The Morgan fingerprint density at radius 2 is 1.75 bits per heavy atom. The molecule has 1 saturated heterocycles. The Bertz CT molecular complexity index is 995. The lowest BCUT2D eigenvalue weighted by atomic mass is 9.89. The highest BCUT2D eigenvalue weighted by atomic mass is 16.5. The molecule has 1 aromatic heterocycles. The number of carbonyl (C=O) groups is 2. The van der Waals surface area contributed by atoms with Gasteiger partial charge in [0.1, 0.15) is 0 Å². The molecular formula is C25H31N3O4. The summed E-state index contributed by atoms with van der Waals surface area (Å²) in [6.07, 6.45) is 3.95. The zero-order valence-corrected chi connectivity index (χ0v) is 19.0. The van der Waals surface area contributed by atoms with Crippen molar-refractivity contribution >= 4 is 11.8 Å². The van der Waals surface area contributed by atoms with Crippen molar-refractivity contribution in [2.45, 2.75) is 38.5 Å². The first-order valence-corrected chi connectivity index (χ1v) is 11.3.